The zero-order valence-electron chi connectivity index (χ0n) is 11.1. The van der Waals surface area contributed by atoms with Gasteiger partial charge in [0, 0.05) is 11.8 Å². The highest BCUT2D eigenvalue weighted by atomic mass is 16.5. The van der Waals surface area contributed by atoms with Crippen molar-refractivity contribution >= 4 is 5.95 Å². The molecular weight excluding hydrogens is 214 g/mol. The van der Waals surface area contributed by atoms with Gasteiger partial charge in [0.2, 0.25) is 11.8 Å². The predicted octanol–water partition coefficient (Wildman–Crippen LogP) is 2.96. The fourth-order valence-corrected chi connectivity index (χ4v) is 1.68. The molecule has 0 radical (unpaired) electrons. The lowest BCUT2D eigenvalue weighted by Crippen LogP contribution is -2.13. The molecule has 0 aliphatic rings. The molecular formula is C13H23N3O. The summed E-state index contributed by atoms with van der Waals surface area (Å²) in [6.45, 7) is 7.06. The van der Waals surface area contributed by atoms with Crippen molar-refractivity contribution in [3.05, 3.63) is 11.8 Å². The minimum Gasteiger partial charge on any atom is -0.477 e. The molecule has 4 nitrogen and oxygen atoms in total. The first-order valence-electron chi connectivity index (χ1n) is 6.39. The number of nitrogens with zero attached hydrogens (tertiary/aromatic N) is 2. The first-order chi connectivity index (χ1) is 8.17. The molecule has 96 valence electrons. The Kier molecular flexibility index (Phi) is 5.73. The third kappa shape index (κ3) is 4.59. The molecule has 0 fully saturated rings. The van der Waals surface area contributed by atoms with Crippen LogP contribution in [-0.4, -0.2) is 16.6 Å². The van der Waals surface area contributed by atoms with E-state index in [1.807, 2.05) is 6.92 Å². The van der Waals surface area contributed by atoms with Crippen molar-refractivity contribution in [3.63, 3.8) is 0 Å². The van der Waals surface area contributed by atoms with Crippen LogP contribution in [0.2, 0.25) is 0 Å². The zero-order chi connectivity index (χ0) is 12.7. The van der Waals surface area contributed by atoms with Gasteiger partial charge in [0.25, 0.3) is 0 Å². The average Bonchev–Trinajstić information content (AvgIpc) is 2.33. The molecule has 1 rings (SSSR count). The summed E-state index contributed by atoms with van der Waals surface area (Å²) in [5, 5.41) is 0. The van der Waals surface area contributed by atoms with Gasteiger partial charge in [-0.05, 0) is 19.3 Å². The molecule has 2 N–H and O–H groups in total. The average molecular weight is 237 g/mol. The lowest BCUT2D eigenvalue weighted by Gasteiger charge is -2.15. The molecule has 0 aromatic carbocycles. The Labute approximate surface area is 104 Å². The fourth-order valence-electron chi connectivity index (χ4n) is 1.68. The number of aromatic nitrogens is 2. The van der Waals surface area contributed by atoms with Gasteiger partial charge in [-0.3, -0.25) is 0 Å². The Morgan fingerprint density at radius 1 is 1.41 bits per heavy atom. The summed E-state index contributed by atoms with van der Waals surface area (Å²) in [5.74, 6) is 1.49. The number of unbranched alkanes of at least 4 members (excludes halogenated alkanes) is 1. The molecule has 1 atom stereocenters. The molecule has 0 aliphatic carbocycles. The zero-order valence-corrected chi connectivity index (χ0v) is 11.1. The van der Waals surface area contributed by atoms with Crippen molar-refractivity contribution in [2.24, 2.45) is 5.92 Å². The number of hydrogen-bond donors (Lipinski definition) is 1. The highest BCUT2D eigenvalue weighted by Crippen LogP contribution is 2.18. The van der Waals surface area contributed by atoms with Crippen molar-refractivity contribution in [1.82, 2.24) is 9.97 Å². The van der Waals surface area contributed by atoms with E-state index in [1.165, 1.54) is 19.3 Å². The second-order valence-corrected chi connectivity index (χ2v) is 4.44. The lowest BCUT2D eigenvalue weighted by atomic mass is 10.0. The third-order valence-corrected chi connectivity index (χ3v) is 2.94. The van der Waals surface area contributed by atoms with Crippen molar-refractivity contribution in [1.29, 1.82) is 0 Å². The van der Waals surface area contributed by atoms with E-state index in [-0.39, 0.29) is 5.95 Å². The summed E-state index contributed by atoms with van der Waals surface area (Å²) < 4.78 is 5.74. The summed E-state index contributed by atoms with van der Waals surface area (Å²) in [6.07, 6.45) is 6.54. The van der Waals surface area contributed by atoms with Crippen LogP contribution in [0.15, 0.2) is 6.20 Å². The van der Waals surface area contributed by atoms with Crippen LogP contribution in [-0.2, 0) is 0 Å². The van der Waals surface area contributed by atoms with Gasteiger partial charge in [-0.2, -0.15) is 4.98 Å². The van der Waals surface area contributed by atoms with Gasteiger partial charge in [-0.15, -0.1) is 0 Å². The third-order valence-electron chi connectivity index (χ3n) is 2.94. The van der Waals surface area contributed by atoms with Gasteiger partial charge < -0.3 is 10.5 Å². The number of nitrogens with two attached hydrogens (primary N) is 1. The summed E-state index contributed by atoms with van der Waals surface area (Å²) in [4.78, 5) is 8.03. The van der Waals surface area contributed by atoms with E-state index in [0.717, 1.165) is 12.0 Å². The van der Waals surface area contributed by atoms with Gasteiger partial charge in [0.05, 0.1) is 6.61 Å². The standard InChI is InChI=1S/C13H23N3O/c1-4-6-7-11(5-2)9-17-12-10(3)8-15-13(14)16-12/h8,11H,4-7,9H2,1-3H3,(H2,14,15,16). The first kappa shape index (κ1) is 13.7. The number of anilines is 1. The second kappa shape index (κ2) is 7.09. The largest absolute Gasteiger partial charge is 0.477 e. The Hall–Kier alpha value is -1.32. The van der Waals surface area contributed by atoms with Gasteiger partial charge in [0.15, 0.2) is 0 Å². The van der Waals surface area contributed by atoms with E-state index in [2.05, 4.69) is 23.8 Å². The van der Waals surface area contributed by atoms with Crippen molar-refractivity contribution in [2.75, 3.05) is 12.3 Å². The summed E-state index contributed by atoms with van der Waals surface area (Å²) in [6, 6.07) is 0. The van der Waals surface area contributed by atoms with E-state index >= 15 is 0 Å². The summed E-state index contributed by atoms with van der Waals surface area (Å²) in [7, 11) is 0. The molecule has 0 spiro atoms. The molecule has 1 unspecified atom stereocenters. The van der Waals surface area contributed by atoms with Crippen LogP contribution in [0.25, 0.3) is 0 Å². The van der Waals surface area contributed by atoms with E-state index < -0.39 is 0 Å². The second-order valence-electron chi connectivity index (χ2n) is 4.44. The molecule has 17 heavy (non-hydrogen) atoms. The topological polar surface area (TPSA) is 61.0 Å². The van der Waals surface area contributed by atoms with Crippen LogP contribution in [0, 0.1) is 12.8 Å². The lowest BCUT2D eigenvalue weighted by molar-refractivity contribution is 0.224. The molecule has 0 aliphatic heterocycles. The first-order valence-corrected chi connectivity index (χ1v) is 6.39. The minimum atomic E-state index is 0.271. The van der Waals surface area contributed by atoms with Gasteiger partial charge in [-0.25, -0.2) is 4.98 Å². The van der Waals surface area contributed by atoms with Crippen LogP contribution >= 0.6 is 0 Å². The Morgan fingerprint density at radius 3 is 2.82 bits per heavy atom. The van der Waals surface area contributed by atoms with Crippen molar-refractivity contribution < 1.29 is 4.74 Å². The van der Waals surface area contributed by atoms with Gasteiger partial charge >= 0.3 is 0 Å². The van der Waals surface area contributed by atoms with Crippen LogP contribution in [0.4, 0.5) is 5.95 Å². The number of hydrogen-bond acceptors (Lipinski definition) is 4. The number of nitrogen functional groups attached to an aromatic ring is 1. The van der Waals surface area contributed by atoms with Crippen LogP contribution in [0.5, 0.6) is 5.88 Å². The SMILES string of the molecule is CCCCC(CC)COc1nc(N)ncc1C. The summed E-state index contributed by atoms with van der Waals surface area (Å²) in [5.41, 5.74) is 6.48. The molecule has 4 heteroatoms. The smallest absolute Gasteiger partial charge is 0.223 e. The highest BCUT2D eigenvalue weighted by Gasteiger charge is 2.09. The molecule has 0 bridgehead atoms. The monoisotopic (exact) mass is 237 g/mol. The highest BCUT2D eigenvalue weighted by molar-refractivity contribution is 5.28. The summed E-state index contributed by atoms with van der Waals surface area (Å²) >= 11 is 0. The van der Waals surface area contributed by atoms with Crippen LogP contribution < -0.4 is 10.5 Å². The van der Waals surface area contributed by atoms with Crippen molar-refractivity contribution in [2.45, 2.75) is 46.5 Å². The van der Waals surface area contributed by atoms with E-state index in [0.29, 0.717) is 18.4 Å². The predicted molar refractivity (Wildman–Crippen MR) is 70.0 cm³/mol. The molecule has 1 aromatic heterocycles. The number of aryl methyl sites for hydroxylation is 1. The maximum Gasteiger partial charge on any atom is 0.223 e. The molecule has 1 aromatic rings. The van der Waals surface area contributed by atoms with E-state index in [4.69, 9.17) is 10.5 Å². The van der Waals surface area contributed by atoms with Crippen LogP contribution in [0.3, 0.4) is 0 Å². The molecule has 0 amide bonds. The maximum absolute atomic E-state index is 5.74. The Morgan fingerprint density at radius 2 is 2.18 bits per heavy atom. The maximum atomic E-state index is 5.74. The van der Waals surface area contributed by atoms with Crippen molar-refractivity contribution in [3.8, 4) is 5.88 Å². The Balaban J connectivity index is 2.50. The van der Waals surface area contributed by atoms with E-state index in [1.54, 1.807) is 6.20 Å². The molecule has 0 saturated carbocycles. The van der Waals surface area contributed by atoms with Gasteiger partial charge in [0.1, 0.15) is 0 Å². The van der Waals surface area contributed by atoms with E-state index in [9.17, 15) is 0 Å². The minimum absolute atomic E-state index is 0.271. The quantitative estimate of drug-likeness (QED) is 0.792. The number of rotatable bonds is 7. The molecule has 1 heterocycles. The molecule has 0 saturated heterocycles. The Bertz CT molecular complexity index is 341. The van der Waals surface area contributed by atoms with Gasteiger partial charge in [-0.1, -0.05) is 33.1 Å². The fraction of sp³-hybridized carbons (Fsp3) is 0.692. The van der Waals surface area contributed by atoms with Crippen LogP contribution in [0.1, 0.15) is 45.1 Å². The number of ether oxygens (including phenoxy) is 1. The normalized spacial score (nSPS) is 12.4.